The molecule has 1 unspecified atom stereocenters. The number of hydrogen-bond acceptors (Lipinski definition) is 3. The minimum atomic E-state index is -2.46. The Hall–Kier alpha value is -2.17. The Balaban J connectivity index is 2.39. The lowest BCUT2D eigenvalue weighted by atomic mass is 10.0. The van der Waals surface area contributed by atoms with Gasteiger partial charge in [-0.3, -0.25) is 4.79 Å². The van der Waals surface area contributed by atoms with Crippen LogP contribution in [0.2, 0.25) is 6.55 Å². The maximum atomic E-state index is 11.6. The van der Waals surface area contributed by atoms with Crippen LogP contribution in [0.4, 0.5) is 0 Å². The third-order valence-electron chi connectivity index (χ3n) is 4.57. The Morgan fingerprint density at radius 2 is 1.56 bits per heavy atom. The van der Waals surface area contributed by atoms with E-state index in [-0.39, 0.29) is 5.97 Å². The summed E-state index contributed by atoms with van der Waals surface area (Å²) in [5.74, 6) is -0.237. The second-order valence-corrected chi connectivity index (χ2v) is 9.89. The highest BCUT2D eigenvalue weighted by molar-refractivity contribution is 6.96. The zero-order valence-electron chi connectivity index (χ0n) is 15.2. The van der Waals surface area contributed by atoms with Crippen LogP contribution >= 0.6 is 0 Å². The van der Waals surface area contributed by atoms with Gasteiger partial charge in [-0.15, -0.1) is 6.58 Å². The van der Waals surface area contributed by atoms with Crippen molar-refractivity contribution in [3.63, 3.8) is 0 Å². The summed E-state index contributed by atoms with van der Waals surface area (Å²) in [6, 6.07) is 20.6. The fraction of sp³-hybridized carbons (Fsp3) is 0.286. The summed E-state index contributed by atoms with van der Waals surface area (Å²) >= 11 is 0. The van der Waals surface area contributed by atoms with Gasteiger partial charge in [0, 0.05) is 6.42 Å². The van der Waals surface area contributed by atoms with Crippen molar-refractivity contribution in [3.8, 4) is 0 Å². The van der Waals surface area contributed by atoms with Crippen molar-refractivity contribution in [2.24, 2.45) is 0 Å². The van der Waals surface area contributed by atoms with Gasteiger partial charge in [0.15, 0.2) is 0 Å². The van der Waals surface area contributed by atoms with Crippen molar-refractivity contribution in [1.82, 2.24) is 0 Å². The second-order valence-electron chi connectivity index (χ2n) is 6.46. The van der Waals surface area contributed by atoms with E-state index in [1.54, 1.807) is 6.08 Å². The summed E-state index contributed by atoms with van der Waals surface area (Å²) in [6.07, 6.45) is 2.63. The Bertz CT molecular complexity index is 660. The largest absolute Gasteiger partial charge is 0.469 e. The van der Waals surface area contributed by atoms with Crippen molar-refractivity contribution < 1.29 is 14.0 Å². The normalized spacial score (nSPS) is 13.7. The van der Waals surface area contributed by atoms with Gasteiger partial charge in [0.05, 0.1) is 12.7 Å². The molecule has 4 heteroatoms. The molecule has 2 aromatic carbocycles. The molecule has 0 spiro atoms. The number of esters is 1. The first-order valence-electron chi connectivity index (χ1n) is 8.45. The molecule has 0 N–H and O–H groups in total. The van der Waals surface area contributed by atoms with Crippen LogP contribution < -0.4 is 10.4 Å². The average Bonchev–Trinajstić information content (AvgIpc) is 2.67. The highest BCUT2D eigenvalue weighted by Gasteiger charge is 2.40. The van der Waals surface area contributed by atoms with Crippen molar-refractivity contribution >= 4 is 24.7 Å². The second kappa shape index (κ2) is 8.27. The van der Waals surface area contributed by atoms with E-state index < -0.39 is 13.9 Å². The number of hydrogen-bond donors (Lipinski definition) is 0. The maximum Gasteiger partial charge on any atom is 0.305 e. The van der Waals surface area contributed by atoms with E-state index in [1.807, 2.05) is 43.3 Å². The van der Waals surface area contributed by atoms with Crippen molar-refractivity contribution in [1.29, 1.82) is 0 Å². The monoisotopic (exact) mass is 354 g/mol. The molecule has 132 valence electrons. The van der Waals surface area contributed by atoms with E-state index in [0.29, 0.717) is 12.8 Å². The third-order valence-corrected chi connectivity index (χ3v) is 8.32. The molecule has 0 radical (unpaired) electrons. The highest BCUT2D eigenvalue weighted by atomic mass is 28.4. The molecule has 2 rings (SSSR count). The molecule has 0 fully saturated rings. The Labute approximate surface area is 151 Å². The summed E-state index contributed by atoms with van der Waals surface area (Å²) in [5.41, 5.74) is -0.610. The minimum Gasteiger partial charge on any atom is -0.469 e. The fourth-order valence-corrected chi connectivity index (χ4v) is 6.25. The van der Waals surface area contributed by atoms with Gasteiger partial charge in [-0.25, -0.2) is 0 Å². The van der Waals surface area contributed by atoms with Crippen LogP contribution in [-0.4, -0.2) is 27.0 Å². The first-order chi connectivity index (χ1) is 11.9. The molecule has 0 saturated carbocycles. The molecule has 2 aromatic rings. The molecule has 3 nitrogen and oxygen atoms in total. The number of methoxy groups -OCH3 is 1. The van der Waals surface area contributed by atoms with Crippen molar-refractivity contribution in [2.75, 3.05) is 7.11 Å². The predicted octanol–water partition coefficient (Wildman–Crippen LogP) is 3.29. The summed E-state index contributed by atoms with van der Waals surface area (Å²) < 4.78 is 11.5. The van der Waals surface area contributed by atoms with Crippen LogP contribution in [-0.2, 0) is 14.0 Å². The number of carbonyl (C=O) groups is 1. The van der Waals surface area contributed by atoms with Gasteiger partial charge >= 0.3 is 5.97 Å². The third kappa shape index (κ3) is 4.68. The van der Waals surface area contributed by atoms with Crippen LogP contribution in [0.5, 0.6) is 0 Å². The van der Waals surface area contributed by atoms with Crippen LogP contribution in [0.15, 0.2) is 73.3 Å². The smallest absolute Gasteiger partial charge is 0.305 e. The zero-order chi connectivity index (χ0) is 18.3. The van der Waals surface area contributed by atoms with Gasteiger partial charge in [-0.2, -0.15) is 0 Å². The molecule has 1 atom stereocenters. The average molecular weight is 355 g/mol. The molecule has 0 amide bonds. The van der Waals surface area contributed by atoms with Gasteiger partial charge in [-0.1, -0.05) is 66.7 Å². The molecule has 0 bridgehead atoms. The van der Waals surface area contributed by atoms with Crippen LogP contribution in [0.3, 0.4) is 0 Å². The molecule has 0 saturated heterocycles. The van der Waals surface area contributed by atoms with Gasteiger partial charge < -0.3 is 9.16 Å². The molecule has 0 heterocycles. The topological polar surface area (TPSA) is 35.5 Å². The highest BCUT2D eigenvalue weighted by Crippen LogP contribution is 2.25. The summed E-state index contributed by atoms with van der Waals surface area (Å²) in [7, 11) is -1.06. The van der Waals surface area contributed by atoms with E-state index in [1.165, 1.54) is 17.5 Å². The fourth-order valence-electron chi connectivity index (χ4n) is 2.91. The lowest BCUT2D eigenvalue weighted by Crippen LogP contribution is -2.61. The van der Waals surface area contributed by atoms with Gasteiger partial charge in [0.1, 0.15) is 0 Å². The van der Waals surface area contributed by atoms with Crippen LogP contribution in [0, 0.1) is 0 Å². The predicted molar refractivity (Wildman–Crippen MR) is 105 cm³/mol. The SMILES string of the molecule is C=CC(C)(CCC(=O)OC)O[Si](C)(c1ccccc1)c1ccccc1. The number of rotatable bonds is 8. The number of benzene rings is 2. The number of carbonyl (C=O) groups excluding carboxylic acids is 1. The van der Waals surface area contributed by atoms with E-state index in [9.17, 15) is 4.79 Å². The first-order valence-corrected chi connectivity index (χ1v) is 10.9. The summed E-state index contributed by atoms with van der Waals surface area (Å²) in [4.78, 5) is 11.6. The Morgan fingerprint density at radius 3 is 1.96 bits per heavy atom. The van der Waals surface area contributed by atoms with E-state index in [2.05, 4.69) is 37.4 Å². The Morgan fingerprint density at radius 1 is 1.08 bits per heavy atom. The lowest BCUT2D eigenvalue weighted by Gasteiger charge is -2.38. The Kier molecular flexibility index (Phi) is 6.34. The van der Waals surface area contributed by atoms with Crippen molar-refractivity contribution in [3.05, 3.63) is 73.3 Å². The van der Waals surface area contributed by atoms with Crippen LogP contribution in [0.25, 0.3) is 0 Å². The van der Waals surface area contributed by atoms with E-state index in [0.717, 1.165) is 0 Å². The molecule has 25 heavy (non-hydrogen) atoms. The van der Waals surface area contributed by atoms with E-state index in [4.69, 9.17) is 9.16 Å². The van der Waals surface area contributed by atoms with Crippen molar-refractivity contribution in [2.45, 2.75) is 31.9 Å². The lowest BCUT2D eigenvalue weighted by molar-refractivity contribution is -0.141. The zero-order valence-corrected chi connectivity index (χ0v) is 16.2. The van der Waals surface area contributed by atoms with Gasteiger partial charge in [0.25, 0.3) is 8.32 Å². The molecule has 0 aliphatic carbocycles. The van der Waals surface area contributed by atoms with Crippen LogP contribution in [0.1, 0.15) is 19.8 Å². The maximum absolute atomic E-state index is 11.6. The number of ether oxygens (including phenoxy) is 1. The molecular formula is C21H26O3Si. The summed E-state index contributed by atoms with van der Waals surface area (Å²) in [6.45, 7) is 8.13. The molecule has 0 aliphatic heterocycles. The summed E-state index contributed by atoms with van der Waals surface area (Å²) in [5, 5.41) is 2.37. The van der Waals surface area contributed by atoms with Gasteiger partial charge in [-0.05, 0) is 30.3 Å². The quantitative estimate of drug-likeness (QED) is 0.415. The molecular weight excluding hydrogens is 328 g/mol. The van der Waals surface area contributed by atoms with E-state index >= 15 is 0 Å². The first kappa shape index (κ1) is 19.2. The van der Waals surface area contributed by atoms with Gasteiger partial charge in [0.2, 0.25) is 0 Å². The minimum absolute atomic E-state index is 0.237. The molecule has 0 aromatic heterocycles. The molecule has 0 aliphatic rings. The standard InChI is InChI=1S/C21H26O3Si/c1-5-21(2,17-16-20(22)23-3)24-25(4,18-12-8-6-9-13-18)19-14-10-7-11-15-19/h5-15H,1,16-17H2,2-4H3.